The van der Waals surface area contributed by atoms with Crippen molar-refractivity contribution in [3.63, 3.8) is 0 Å². The maximum atomic E-state index is 5.88. The molecule has 1 fully saturated rings. The lowest BCUT2D eigenvalue weighted by Crippen LogP contribution is -2.47. The van der Waals surface area contributed by atoms with E-state index >= 15 is 0 Å². The van der Waals surface area contributed by atoms with E-state index in [0.717, 1.165) is 32.8 Å². The Bertz CT molecular complexity index is 427. The highest BCUT2D eigenvalue weighted by Crippen LogP contribution is 2.24. The fraction of sp³-hybridized carbons (Fsp3) is 0.667. The summed E-state index contributed by atoms with van der Waals surface area (Å²) >= 11 is 0. The molecule has 1 N–H and O–H groups in total. The van der Waals surface area contributed by atoms with Crippen molar-refractivity contribution in [2.24, 2.45) is 0 Å². The number of hydrogen-bond acceptors (Lipinski definition) is 3. The van der Waals surface area contributed by atoms with Gasteiger partial charge in [0.15, 0.2) is 0 Å². The summed E-state index contributed by atoms with van der Waals surface area (Å²) in [6.45, 7) is 13.7. The maximum Gasteiger partial charge on any atom is 0.0600 e. The summed E-state index contributed by atoms with van der Waals surface area (Å²) in [7, 11) is 0. The van der Waals surface area contributed by atoms with Crippen molar-refractivity contribution in [2.75, 3.05) is 32.8 Å². The Labute approximate surface area is 129 Å². The highest BCUT2D eigenvalue weighted by molar-refractivity contribution is 5.24. The van der Waals surface area contributed by atoms with Gasteiger partial charge in [0.25, 0.3) is 0 Å². The lowest BCUT2D eigenvalue weighted by atomic mass is 9.91. The van der Waals surface area contributed by atoms with E-state index in [0.29, 0.717) is 0 Å². The molecule has 0 spiro atoms. The predicted molar refractivity (Wildman–Crippen MR) is 88.6 cm³/mol. The van der Waals surface area contributed by atoms with Crippen molar-refractivity contribution < 1.29 is 4.74 Å². The molecular formula is C18H30N2O. The Morgan fingerprint density at radius 3 is 2.62 bits per heavy atom. The first-order chi connectivity index (χ1) is 9.89. The first kappa shape index (κ1) is 16.5. The van der Waals surface area contributed by atoms with Gasteiger partial charge in [0.05, 0.1) is 17.7 Å². The number of benzene rings is 1. The molecule has 0 aliphatic carbocycles. The van der Waals surface area contributed by atoms with Gasteiger partial charge in [-0.15, -0.1) is 0 Å². The summed E-state index contributed by atoms with van der Waals surface area (Å²) in [6, 6.07) is 10.8. The highest BCUT2D eigenvalue weighted by atomic mass is 16.5. The van der Waals surface area contributed by atoms with Gasteiger partial charge in [-0.05, 0) is 52.8 Å². The van der Waals surface area contributed by atoms with Crippen LogP contribution in [0, 0.1) is 0 Å². The Morgan fingerprint density at radius 2 is 1.95 bits per heavy atom. The zero-order chi connectivity index (χ0) is 15.3. The number of nitrogens with zero attached hydrogens (tertiary/aromatic N) is 1. The minimum atomic E-state index is -0.0488. The van der Waals surface area contributed by atoms with Crippen LogP contribution in [-0.2, 0) is 10.3 Å². The van der Waals surface area contributed by atoms with Crippen LogP contribution in [0.4, 0.5) is 0 Å². The molecule has 1 heterocycles. The second-order valence-corrected chi connectivity index (χ2v) is 7.22. The molecule has 0 saturated carbocycles. The predicted octanol–water partition coefficient (Wildman–Crippen LogP) is 3.01. The molecule has 1 atom stereocenters. The Morgan fingerprint density at radius 1 is 1.24 bits per heavy atom. The molecule has 2 rings (SSSR count). The summed E-state index contributed by atoms with van der Waals surface area (Å²) < 4.78 is 5.88. The van der Waals surface area contributed by atoms with Gasteiger partial charge in [0.1, 0.15) is 0 Å². The third kappa shape index (κ3) is 5.10. The molecule has 21 heavy (non-hydrogen) atoms. The van der Waals surface area contributed by atoms with Crippen LogP contribution >= 0.6 is 0 Å². The van der Waals surface area contributed by atoms with E-state index in [4.69, 9.17) is 4.74 Å². The summed E-state index contributed by atoms with van der Waals surface area (Å²) in [5.41, 5.74) is 1.35. The molecule has 1 saturated heterocycles. The third-order valence-corrected chi connectivity index (χ3v) is 4.06. The summed E-state index contributed by atoms with van der Waals surface area (Å²) in [4.78, 5) is 2.53. The monoisotopic (exact) mass is 290 g/mol. The highest BCUT2D eigenvalue weighted by Gasteiger charge is 2.30. The van der Waals surface area contributed by atoms with Crippen LogP contribution in [0.25, 0.3) is 0 Å². The van der Waals surface area contributed by atoms with Gasteiger partial charge in [0.2, 0.25) is 0 Å². The van der Waals surface area contributed by atoms with Crippen molar-refractivity contribution in [1.29, 1.82) is 0 Å². The second-order valence-electron chi connectivity index (χ2n) is 7.22. The normalized spacial score (nSPS) is 24.8. The zero-order valence-electron chi connectivity index (χ0n) is 14.0. The molecule has 0 radical (unpaired) electrons. The summed E-state index contributed by atoms with van der Waals surface area (Å²) in [5, 5.41) is 3.73. The zero-order valence-corrected chi connectivity index (χ0v) is 14.0. The van der Waals surface area contributed by atoms with Crippen molar-refractivity contribution in [3.8, 4) is 0 Å². The van der Waals surface area contributed by atoms with E-state index in [9.17, 15) is 0 Å². The topological polar surface area (TPSA) is 24.5 Å². The van der Waals surface area contributed by atoms with E-state index in [1.54, 1.807) is 0 Å². The number of rotatable bonds is 4. The maximum absolute atomic E-state index is 5.88. The third-order valence-electron chi connectivity index (χ3n) is 4.06. The first-order valence-electron chi connectivity index (χ1n) is 8.06. The fourth-order valence-electron chi connectivity index (χ4n) is 2.92. The van der Waals surface area contributed by atoms with Gasteiger partial charge in [-0.2, -0.15) is 0 Å². The lowest BCUT2D eigenvalue weighted by Gasteiger charge is -2.34. The van der Waals surface area contributed by atoms with Gasteiger partial charge in [0, 0.05) is 13.1 Å². The largest absolute Gasteiger partial charge is 0.375 e. The molecule has 1 aromatic rings. The van der Waals surface area contributed by atoms with Crippen LogP contribution in [0.3, 0.4) is 0 Å². The van der Waals surface area contributed by atoms with Gasteiger partial charge in [-0.3, -0.25) is 4.90 Å². The summed E-state index contributed by atoms with van der Waals surface area (Å²) in [5.74, 6) is 0. The van der Waals surface area contributed by atoms with Crippen molar-refractivity contribution >= 4 is 0 Å². The van der Waals surface area contributed by atoms with Crippen LogP contribution in [-0.4, -0.2) is 43.3 Å². The van der Waals surface area contributed by atoms with Crippen LogP contribution < -0.4 is 5.32 Å². The van der Waals surface area contributed by atoms with Crippen molar-refractivity contribution in [1.82, 2.24) is 10.2 Å². The smallest absolute Gasteiger partial charge is 0.0600 e. The van der Waals surface area contributed by atoms with E-state index in [1.165, 1.54) is 12.0 Å². The van der Waals surface area contributed by atoms with Crippen molar-refractivity contribution in [3.05, 3.63) is 35.9 Å². The minimum Gasteiger partial charge on any atom is -0.375 e. The van der Waals surface area contributed by atoms with Crippen LogP contribution in [0.15, 0.2) is 30.3 Å². The molecule has 0 bridgehead atoms. The standard InChI is InChI=1S/C18H30N2O/c1-17(2,3)21-14-13-20-12-8-11-19-18(4,15-20)16-9-6-5-7-10-16/h5-7,9-10,19H,8,11-15H2,1-4H3. The van der Waals surface area contributed by atoms with Crippen molar-refractivity contribution in [2.45, 2.75) is 45.3 Å². The molecule has 3 nitrogen and oxygen atoms in total. The number of nitrogens with one attached hydrogen (secondary N) is 1. The second kappa shape index (κ2) is 6.91. The average molecular weight is 290 g/mol. The molecule has 3 heteroatoms. The molecule has 1 aromatic carbocycles. The Hall–Kier alpha value is -0.900. The van der Waals surface area contributed by atoms with E-state index in [1.807, 2.05) is 0 Å². The molecule has 1 unspecified atom stereocenters. The molecule has 1 aliphatic rings. The minimum absolute atomic E-state index is 0.0273. The van der Waals surface area contributed by atoms with Crippen LogP contribution in [0.2, 0.25) is 0 Å². The average Bonchev–Trinajstić information content (AvgIpc) is 2.61. The SMILES string of the molecule is CC(C)(C)OCCN1CCCNC(C)(c2ccccc2)C1. The fourth-order valence-corrected chi connectivity index (χ4v) is 2.92. The molecule has 118 valence electrons. The van der Waals surface area contributed by atoms with E-state index < -0.39 is 0 Å². The number of hydrogen-bond donors (Lipinski definition) is 1. The molecule has 1 aliphatic heterocycles. The van der Waals surface area contributed by atoms with Gasteiger partial charge < -0.3 is 10.1 Å². The van der Waals surface area contributed by atoms with Gasteiger partial charge in [-0.1, -0.05) is 30.3 Å². The van der Waals surface area contributed by atoms with E-state index in [2.05, 4.69) is 68.2 Å². The van der Waals surface area contributed by atoms with E-state index in [-0.39, 0.29) is 11.1 Å². The Balaban J connectivity index is 1.98. The summed E-state index contributed by atoms with van der Waals surface area (Å²) in [6.07, 6.45) is 1.19. The van der Waals surface area contributed by atoms with Crippen LogP contribution in [0.5, 0.6) is 0 Å². The quantitative estimate of drug-likeness (QED) is 0.922. The van der Waals surface area contributed by atoms with Gasteiger partial charge in [-0.25, -0.2) is 0 Å². The first-order valence-corrected chi connectivity index (χ1v) is 8.06. The number of ether oxygens (including phenoxy) is 1. The Kier molecular flexibility index (Phi) is 5.42. The molecular weight excluding hydrogens is 260 g/mol. The molecule has 0 aromatic heterocycles. The van der Waals surface area contributed by atoms with Gasteiger partial charge >= 0.3 is 0 Å². The van der Waals surface area contributed by atoms with Crippen LogP contribution in [0.1, 0.15) is 39.7 Å². The lowest BCUT2D eigenvalue weighted by molar-refractivity contribution is -0.0143. The molecule has 0 amide bonds.